The number of carbonyl (C=O) groups is 1. The molecule has 0 unspecified atom stereocenters. The van der Waals surface area contributed by atoms with Crippen molar-refractivity contribution in [3.05, 3.63) is 17.7 Å². The maximum absolute atomic E-state index is 12.6. The lowest BCUT2D eigenvalue weighted by atomic mass is 9.87. The minimum atomic E-state index is -0.0997. The van der Waals surface area contributed by atoms with Crippen molar-refractivity contribution >= 4 is 17.3 Å². The first kappa shape index (κ1) is 16.5. The van der Waals surface area contributed by atoms with E-state index < -0.39 is 0 Å². The van der Waals surface area contributed by atoms with Crippen LogP contribution in [0.5, 0.6) is 5.75 Å². The van der Waals surface area contributed by atoms with Gasteiger partial charge in [0.15, 0.2) is 0 Å². The highest BCUT2D eigenvalue weighted by Crippen LogP contribution is 2.30. The molecule has 0 atom stereocenters. The number of hydrogen-bond donors (Lipinski definition) is 3. The third kappa shape index (κ3) is 3.84. The van der Waals surface area contributed by atoms with Crippen molar-refractivity contribution in [2.45, 2.75) is 45.6 Å². The van der Waals surface area contributed by atoms with Gasteiger partial charge in [-0.3, -0.25) is 4.79 Å². The molecule has 4 N–H and O–H groups in total. The van der Waals surface area contributed by atoms with Gasteiger partial charge in [0.25, 0.3) is 5.91 Å². The van der Waals surface area contributed by atoms with Crippen molar-refractivity contribution in [3.8, 4) is 5.75 Å². The minimum absolute atomic E-state index is 0.0997. The van der Waals surface area contributed by atoms with Gasteiger partial charge in [-0.15, -0.1) is 0 Å². The number of anilines is 2. The summed E-state index contributed by atoms with van der Waals surface area (Å²) in [5, 5.41) is 6.13. The zero-order valence-electron chi connectivity index (χ0n) is 13.7. The van der Waals surface area contributed by atoms with E-state index in [4.69, 9.17) is 10.5 Å². The first-order chi connectivity index (χ1) is 10.5. The Bertz CT molecular complexity index is 523. The van der Waals surface area contributed by atoms with E-state index >= 15 is 0 Å². The summed E-state index contributed by atoms with van der Waals surface area (Å²) in [5.74, 6) is 1.23. The fourth-order valence-electron chi connectivity index (χ4n) is 2.93. The van der Waals surface area contributed by atoms with Crippen LogP contribution in [0.15, 0.2) is 12.1 Å². The van der Waals surface area contributed by atoms with Gasteiger partial charge in [-0.05, 0) is 44.6 Å². The summed E-state index contributed by atoms with van der Waals surface area (Å²) in [7, 11) is 1.80. The average molecular weight is 305 g/mol. The summed E-state index contributed by atoms with van der Waals surface area (Å²) in [5.41, 5.74) is 7.82. The topological polar surface area (TPSA) is 76.4 Å². The highest BCUT2D eigenvalue weighted by atomic mass is 16.5. The molecular formula is C17H27N3O2. The van der Waals surface area contributed by atoms with Crippen molar-refractivity contribution in [2.75, 3.05) is 24.7 Å². The minimum Gasteiger partial charge on any atom is -0.493 e. The van der Waals surface area contributed by atoms with Gasteiger partial charge in [-0.1, -0.05) is 6.92 Å². The molecule has 1 aromatic rings. The van der Waals surface area contributed by atoms with Crippen LogP contribution < -0.4 is 21.1 Å². The molecule has 0 saturated heterocycles. The number of amides is 1. The van der Waals surface area contributed by atoms with Crippen LogP contribution in [-0.4, -0.2) is 25.6 Å². The normalized spacial score (nSPS) is 21.2. The molecule has 0 heterocycles. The molecular weight excluding hydrogens is 278 g/mol. The van der Waals surface area contributed by atoms with E-state index in [0.29, 0.717) is 23.6 Å². The number of benzene rings is 1. The summed E-state index contributed by atoms with van der Waals surface area (Å²) >= 11 is 0. The quantitative estimate of drug-likeness (QED) is 0.731. The molecule has 0 radical (unpaired) electrons. The van der Waals surface area contributed by atoms with Crippen LogP contribution >= 0.6 is 0 Å². The third-order valence-electron chi connectivity index (χ3n) is 4.32. The van der Waals surface area contributed by atoms with Crippen LogP contribution in [0.2, 0.25) is 0 Å². The first-order valence-corrected chi connectivity index (χ1v) is 8.10. The van der Waals surface area contributed by atoms with E-state index in [1.54, 1.807) is 19.2 Å². The van der Waals surface area contributed by atoms with Gasteiger partial charge < -0.3 is 21.1 Å². The van der Waals surface area contributed by atoms with Crippen molar-refractivity contribution < 1.29 is 9.53 Å². The molecule has 1 saturated carbocycles. The predicted molar refractivity (Wildman–Crippen MR) is 90.5 cm³/mol. The summed E-state index contributed by atoms with van der Waals surface area (Å²) in [6, 6.07) is 3.73. The van der Waals surface area contributed by atoms with Gasteiger partial charge in [-0.2, -0.15) is 0 Å². The fraction of sp³-hybridized carbons (Fsp3) is 0.588. The number of nitrogens with two attached hydrogens (primary N) is 1. The number of rotatable bonds is 5. The van der Waals surface area contributed by atoms with E-state index in [0.717, 1.165) is 24.4 Å². The van der Waals surface area contributed by atoms with Gasteiger partial charge in [0.05, 0.1) is 23.5 Å². The standard InChI is InChI=1S/C17H27N3O2/c1-4-22-16-10-15(19-3)14(18)9-13(16)17(21)20-12-7-5-11(2)6-8-12/h9-12,19H,4-8,18H2,1-3H3,(H,20,21). The molecule has 0 spiro atoms. The molecule has 1 aliphatic carbocycles. The van der Waals surface area contributed by atoms with E-state index in [2.05, 4.69) is 17.6 Å². The molecule has 1 aliphatic rings. The zero-order chi connectivity index (χ0) is 16.1. The smallest absolute Gasteiger partial charge is 0.255 e. The lowest BCUT2D eigenvalue weighted by molar-refractivity contribution is 0.0919. The van der Waals surface area contributed by atoms with Crippen molar-refractivity contribution in [3.63, 3.8) is 0 Å². The van der Waals surface area contributed by atoms with Gasteiger partial charge >= 0.3 is 0 Å². The molecule has 0 aromatic heterocycles. The average Bonchev–Trinajstić information content (AvgIpc) is 2.51. The Morgan fingerprint density at radius 1 is 1.32 bits per heavy atom. The Balaban J connectivity index is 2.15. The second-order valence-electron chi connectivity index (χ2n) is 6.05. The maximum Gasteiger partial charge on any atom is 0.255 e. The SMILES string of the molecule is CCOc1cc(NC)c(N)cc1C(=O)NC1CCC(C)CC1. The molecule has 22 heavy (non-hydrogen) atoms. The molecule has 0 bridgehead atoms. The lowest BCUT2D eigenvalue weighted by Crippen LogP contribution is -2.37. The zero-order valence-corrected chi connectivity index (χ0v) is 13.7. The summed E-state index contributed by atoms with van der Waals surface area (Å²) in [6.07, 6.45) is 4.43. The van der Waals surface area contributed by atoms with Crippen molar-refractivity contribution in [2.24, 2.45) is 5.92 Å². The molecule has 1 aromatic carbocycles. The van der Waals surface area contributed by atoms with Gasteiger partial charge in [0.1, 0.15) is 5.75 Å². The highest BCUT2D eigenvalue weighted by molar-refractivity contribution is 5.99. The monoisotopic (exact) mass is 305 g/mol. The molecule has 1 fully saturated rings. The Morgan fingerprint density at radius 3 is 2.59 bits per heavy atom. The Labute approximate surface area is 132 Å². The number of hydrogen-bond acceptors (Lipinski definition) is 4. The van der Waals surface area contributed by atoms with E-state index in [1.807, 2.05) is 6.92 Å². The lowest BCUT2D eigenvalue weighted by Gasteiger charge is -2.27. The van der Waals surface area contributed by atoms with E-state index in [1.165, 1.54) is 12.8 Å². The molecule has 2 rings (SSSR count). The van der Waals surface area contributed by atoms with E-state index in [-0.39, 0.29) is 11.9 Å². The van der Waals surface area contributed by atoms with Gasteiger partial charge in [0, 0.05) is 19.2 Å². The molecule has 5 nitrogen and oxygen atoms in total. The first-order valence-electron chi connectivity index (χ1n) is 8.10. The maximum atomic E-state index is 12.6. The second kappa shape index (κ2) is 7.38. The largest absolute Gasteiger partial charge is 0.493 e. The molecule has 0 aliphatic heterocycles. The van der Waals surface area contributed by atoms with Crippen LogP contribution in [0.4, 0.5) is 11.4 Å². The van der Waals surface area contributed by atoms with Crippen LogP contribution in [0.25, 0.3) is 0 Å². The van der Waals surface area contributed by atoms with Crippen LogP contribution in [0.1, 0.15) is 49.9 Å². The van der Waals surface area contributed by atoms with Gasteiger partial charge in [-0.25, -0.2) is 0 Å². The Kier molecular flexibility index (Phi) is 5.52. The number of carbonyl (C=O) groups excluding carboxylic acids is 1. The molecule has 122 valence electrons. The van der Waals surface area contributed by atoms with Crippen molar-refractivity contribution in [1.82, 2.24) is 5.32 Å². The number of nitrogen functional groups attached to an aromatic ring is 1. The summed E-state index contributed by atoms with van der Waals surface area (Å²) in [6.45, 7) is 4.68. The molecule has 1 amide bonds. The van der Waals surface area contributed by atoms with E-state index in [9.17, 15) is 4.79 Å². The highest BCUT2D eigenvalue weighted by Gasteiger charge is 2.22. The summed E-state index contributed by atoms with van der Waals surface area (Å²) < 4.78 is 5.61. The summed E-state index contributed by atoms with van der Waals surface area (Å²) in [4.78, 5) is 12.6. The van der Waals surface area contributed by atoms with Crippen LogP contribution in [0, 0.1) is 5.92 Å². The third-order valence-corrected chi connectivity index (χ3v) is 4.32. The number of nitrogens with one attached hydrogen (secondary N) is 2. The van der Waals surface area contributed by atoms with Crippen molar-refractivity contribution in [1.29, 1.82) is 0 Å². The van der Waals surface area contributed by atoms with Crippen LogP contribution in [-0.2, 0) is 0 Å². The number of ether oxygens (including phenoxy) is 1. The fourth-order valence-corrected chi connectivity index (χ4v) is 2.93. The van der Waals surface area contributed by atoms with Crippen LogP contribution in [0.3, 0.4) is 0 Å². The Morgan fingerprint density at radius 2 is 2.00 bits per heavy atom. The molecule has 5 heteroatoms. The predicted octanol–water partition coefficient (Wildman–Crippen LogP) is 3.02. The van der Waals surface area contributed by atoms with Gasteiger partial charge in [0.2, 0.25) is 0 Å². The Hall–Kier alpha value is -1.91. The second-order valence-corrected chi connectivity index (χ2v) is 6.05.